The van der Waals surface area contributed by atoms with Crippen molar-refractivity contribution in [1.29, 1.82) is 0 Å². The zero-order valence-electron chi connectivity index (χ0n) is 6.81. The molecule has 0 amide bonds. The van der Waals surface area contributed by atoms with Gasteiger partial charge >= 0.3 is 5.97 Å². The van der Waals surface area contributed by atoms with Gasteiger partial charge in [-0.05, 0) is 28.1 Å². The van der Waals surface area contributed by atoms with E-state index in [0.29, 0.717) is 10.1 Å². The SMILES string of the molecule is O=C(O)c1c(O)nc2ccc(Br)cn12. The third kappa shape index (κ3) is 1.24. The van der Waals surface area contributed by atoms with Crippen molar-refractivity contribution < 1.29 is 15.0 Å². The number of aromatic carboxylic acids is 1. The lowest BCUT2D eigenvalue weighted by Crippen LogP contribution is -2.01. The van der Waals surface area contributed by atoms with Gasteiger partial charge in [0, 0.05) is 10.7 Å². The molecule has 0 fully saturated rings. The highest BCUT2D eigenvalue weighted by atomic mass is 79.9. The predicted octanol–water partition coefficient (Wildman–Crippen LogP) is 1.50. The summed E-state index contributed by atoms with van der Waals surface area (Å²) in [4.78, 5) is 14.5. The monoisotopic (exact) mass is 256 g/mol. The summed E-state index contributed by atoms with van der Waals surface area (Å²) in [5.74, 6) is -1.69. The number of nitrogens with zero attached hydrogens (tertiary/aromatic N) is 2. The number of rotatable bonds is 1. The lowest BCUT2D eigenvalue weighted by atomic mass is 10.4. The molecule has 0 aliphatic rings. The van der Waals surface area contributed by atoms with E-state index in [9.17, 15) is 9.90 Å². The van der Waals surface area contributed by atoms with E-state index in [0.717, 1.165) is 0 Å². The Morgan fingerprint density at radius 2 is 2.21 bits per heavy atom. The molecule has 2 aromatic rings. The molecule has 0 radical (unpaired) electrons. The molecule has 0 saturated heterocycles. The van der Waals surface area contributed by atoms with Crippen molar-refractivity contribution >= 4 is 27.5 Å². The van der Waals surface area contributed by atoms with E-state index in [4.69, 9.17) is 5.11 Å². The number of fused-ring (bicyclic) bond motifs is 1. The second kappa shape index (κ2) is 2.98. The summed E-state index contributed by atoms with van der Waals surface area (Å²) in [6.45, 7) is 0. The van der Waals surface area contributed by atoms with Gasteiger partial charge < -0.3 is 10.2 Å². The number of pyridine rings is 1. The first-order valence-corrected chi connectivity index (χ1v) is 4.49. The second-order valence-electron chi connectivity index (χ2n) is 2.66. The van der Waals surface area contributed by atoms with Gasteiger partial charge in [-0.3, -0.25) is 4.40 Å². The average molecular weight is 257 g/mol. The number of hydrogen-bond acceptors (Lipinski definition) is 3. The average Bonchev–Trinajstić information content (AvgIpc) is 2.40. The highest BCUT2D eigenvalue weighted by Crippen LogP contribution is 2.20. The summed E-state index contributed by atoms with van der Waals surface area (Å²) in [5.41, 5.74) is 0.157. The number of aromatic hydroxyl groups is 1. The van der Waals surface area contributed by atoms with Crippen LogP contribution in [0.25, 0.3) is 5.65 Å². The van der Waals surface area contributed by atoms with Gasteiger partial charge in [-0.25, -0.2) is 4.79 Å². The lowest BCUT2D eigenvalue weighted by molar-refractivity contribution is 0.0686. The quantitative estimate of drug-likeness (QED) is 0.811. The first kappa shape index (κ1) is 9.01. The van der Waals surface area contributed by atoms with Crippen molar-refractivity contribution in [1.82, 2.24) is 9.38 Å². The molecule has 0 spiro atoms. The Morgan fingerprint density at radius 1 is 1.50 bits per heavy atom. The number of imidazole rings is 1. The third-order valence-electron chi connectivity index (χ3n) is 1.77. The van der Waals surface area contributed by atoms with Crippen LogP contribution in [-0.2, 0) is 0 Å². The molecule has 0 unspecified atom stereocenters. The normalized spacial score (nSPS) is 10.6. The lowest BCUT2D eigenvalue weighted by Gasteiger charge is -1.96. The Kier molecular flexibility index (Phi) is 1.92. The van der Waals surface area contributed by atoms with Crippen LogP contribution in [0.2, 0.25) is 0 Å². The van der Waals surface area contributed by atoms with Crippen molar-refractivity contribution in [3.8, 4) is 5.88 Å². The molecule has 2 rings (SSSR count). The molecule has 14 heavy (non-hydrogen) atoms. The molecule has 2 N–H and O–H groups in total. The minimum absolute atomic E-state index is 0.235. The molecular weight excluding hydrogens is 252 g/mol. The first-order valence-electron chi connectivity index (χ1n) is 3.69. The van der Waals surface area contributed by atoms with Crippen molar-refractivity contribution in [2.45, 2.75) is 0 Å². The molecule has 0 aliphatic carbocycles. The van der Waals surface area contributed by atoms with Crippen molar-refractivity contribution in [3.63, 3.8) is 0 Å². The molecule has 0 saturated carbocycles. The van der Waals surface area contributed by atoms with Gasteiger partial charge in [-0.1, -0.05) is 0 Å². The Bertz CT molecular complexity index is 521. The summed E-state index contributed by atoms with van der Waals surface area (Å²) >= 11 is 3.20. The van der Waals surface area contributed by atoms with Gasteiger partial charge in [0.25, 0.3) is 0 Å². The van der Waals surface area contributed by atoms with E-state index in [1.807, 2.05) is 0 Å². The fraction of sp³-hybridized carbons (Fsp3) is 0. The van der Waals surface area contributed by atoms with E-state index in [1.165, 1.54) is 10.6 Å². The highest BCUT2D eigenvalue weighted by molar-refractivity contribution is 9.10. The Labute approximate surface area is 86.8 Å². The maximum absolute atomic E-state index is 10.8. The maximum atomic E-state index is 10.8. The van der Waals surface area contributed by atoms with Gasteiger partial charge in [0.05, 0.1) is 0 Å². The molecule has 6 heteroatoms. The summed E-state index contributed by atoms with van der Waals surface area (Å²) in [7, 11) is 0. The molecule has 2 aromatic heterocycles. The van der Waals surface area contributed by atoms with Crippen LogP contribution >= 0.6 is 15.9 Å². The van der Waals surface area contributed by atoms with E-state index >= 15 is 0 Å². The van der Waals surface area contributed by atoms with E-state index < -0.39 is 11.8 Å². The minimum atomic E-state index is -1.21. The molecule has 5 nitrogen and oxygen atoms in total. The minimum Gasteiger partial charge on any atom is -0.492 e. The number of carboxylic acids is 1. The summed E-state index contributed by atoms with van der Waals surface area (Å²) in [5, 5.41) is 18.1. The molecule has 0 atom stereocenters. The number of carbonyl (C=O) groups is 1. The standard InChI is InChI=1S/C8H5BrN2O3/c9-4-1-2-5-10-7(12)6(8(13)14)11(5)3-4/h1-3,12H,(H,13,14). The summed E-state index contributed by atoms with van der Waals surface area (Å²) in [6, 6.07) is 3.32. The fourth-order valence-corrected chi connectivity index (χ4v) is 1.54. The van der Waals surface area contributed by atoms with Crippen LogP contribution in [0.1, 0.15) is 10.5 Å². The molecular formula is C8H5BrN2O3. The predicted molar refractivity (Wildman–Crippen MR) is 51.5 cm³/mol. The zero-order chi connectivity index (χ0) is 10.3. The van der Waals surface area contributed by atoms with Crippen LogP contribution in [0.15, 0.2) is 22.8 Å². The van der Waals surface area contributed by atoms with Gasteiger partial charge in [-0.2, -0.15) is 4.98 Å². The van der Waals surface area contributed by atoms with Crippen LogP contribution in [0.4, 0.5) is 0 Å². The van der Waals surface area contributed by atoms with E-state index in [2.05, 4.69) is 20.9 Å². The molecule has 72 valence electrons. The molecule has 0 aromatic carbocycles. The molecule has 0 aliphatic heterocycles. The first-order chi connectivity index (χ1) is 6.59. The van der Waals surface area contributed by atoms with Crippen molar-refractivity contribution in [2.24, 2.45) is 0 Å². The van der Waals surface area contributed by atoms with E-state index in [1.54, 1.807) is 12.1 Å². The fourth-order valence-electron chi connectivity index (χ4n) is 1.21. The van der Waals surface area contributed by atoms with Crippen LogP contribution in [0, 0.1) is 0 Å². The number of carboxylic acid groups (broad SMARTS) is 1. The van der Waals surface area contributed by atoms with Crippen LogP contribution in [0.3, 0.4) is 0 Å². The number of aromatic nitrogens is 2. The van der Waals surface area contributed by atoms with Crippen LogP contribution in [-0.4, -0.2) is 25.6 Å². The summed E-state index contributed by atoms with van der Waals surface area (Å²) in [6.07, 6.45) is 1.53. The van der Waals surface area contributed by atoms with Crippen molar-refractivity contribution in [2.75, 3.05) is 0 Å². The van der Waals surface area contributed by atoms with Gasteiger partial charge in [0.1, 0.15) is 5.65 Å². The largest absolute Gasteiger partial charge is 0.492 e. The van der Waals surface area contributed by atoms with Crippen molar-refractivity contribution in [3.05, 3.63) is 28.5 Å². The Hall–Kier alpha value is -1.56. The topological polar surface area (TPSA) is 74.8 Å². The smallest absolute Gasteiger partial charge is 0.358 e. The van der Waals surface area contributed by atoms with Gasteiger partial charge in [0.15, 0.2) is 5.69 Å². The second-order valence-corrected chi connectivity index (χ2v) is 3.58. The van der Waals surface area contributed by atoms with Gasteiger partial charge in [-0.15, -0.1) is 0 Å². The number of hydrogen-bond donors (Lipinski definition) is 2. The van der Waals surface area contributed by atoms with Gasteiger partial charge in [0.2, 0.25) is 5.88 Å². The van der Waals surface area contributed by atoms with Crippen LogP contribution in [0.5, 0.6) is 5.88 Å². The highest BCUT2D eigenvalue weighted by Gasteiger charge is 2.17. The number of halogens is 1. The van der Waals surface area contributed by atoms with Crippen LogP contribution < -0.4 is 0 Å². The molecule has 2 heterocycles. The zero-order valence-corrected chi connectivity index (χ0v) is 8.39. The Morgan fingerprint density at radius 3 is 2.86 bits per heavy atom. The third-order valence-corrected chi connectivity index (χ3v) is 2.24. The maximum Gasteiger partial charge on any atom is 0.358 e. The Balaban J connectivity index is 2.86. The van der Waals surface area contributed by atoms with E-state index in [-0.39, 0.29) is 5.69 Å². The summed E-state index contributed by atoms with van der Waals surface area (Å²) < 4.78 is 2.02. The molecule has 0 bridgehead atoms.